The van der Waals surface area contributed by atoms with Gasteiger partial charge in [0.15, 0.2) is 11.5 Å². The Bertz CT molecular complexity index is 1740. The monoisotopic (exact) mass is 559 g/mol. The zero-order chi connectivity index (χ0) is 29.5. The van der Waals surface area contributed by atoms with Crippen molar-refractivity contribution in [3.05, 3.63) is 137 Å². The molecular formula is C34H29N3O5. The predicted molar refractivity (Wildman–Crippen MR) is 162 cm³/mol. The standard InChI is InChI=1S/C34H29N3O5/c1-23-11-17-30(26-8-4-3-5-9-26)37(23)29-15-13-27(14-16-29)33(38)36-35-21-24-12-18-31(32(20-24)41-2)42-22-25-7-6-10-28(19-25)34(39)40/h3-21H,22H2,1-2H3,(H,36,38)(H,39,40)/b35-21+. The quantitative estimate of drug-likeness (QED) is 0.150. The van der Waals surface area contributed by atoms with Crippen LogP contribution in [0.1, 0.15) is 37.5 Å². The summed E-state index contributed by atoms with van der Waals surface area (Å²) in [6, 6.07) is 33.5. The minimum Gasteiger partial charge on any atom is -0.493 e. The molecule has 0 aliphatic rings. The van der Waals surface area contributed by atoms with E-state index in [9.17, 15) is 14.7 Å². The maximum Gasteiger partial charge on any atom is 0.335 e. The van der Waals surface area contributed by atoms with E-state index in [1.807, 2.05) is 30.3 Å². The molecule has 0 spiro atoms. The van der Waals surface area contributed by atoms with Crippen LogP contribution in [0.4, 0.5) is 0 Å². The first-order valence-electron chi connectivity index (χ1n) is 13.2. The summed E-state index contributed by atoms with van der Waals surface area (Å²) < 4.78 is 13.5. The fourth-order valence-corrected chi connectivity index (χ4v) is 4.55. The van der Waals surface area contributed by atoms with Crippen LogP contribution >= 0.6 is 0 Å². The van der Waals surface area contributed by atoms with Crippen molar-refractivity contribution in [3.8, 4) is 28.4 Å². The van der Waals surface area contributed by atoms with Gasteiger partial charge in [-0.2, -0.15) is 5.10 Å². The summed E-state index contributed by atoms with van der Waals surface area (Å²) in [5.41, 5.74) is 8.90. The van der Waals surface area contributed by atoms with Crippen molar-refractivity contribution in [2.45, 2.75) is 13.5 Å². The van der Waals surface area contributed by atoms with Gasteiger partial charge in [0.25, 0.3) is 5.91 Å². The lowest BCUT2D eigenvalue weighted by Gasteiger charge is -2.13. The summed E-state index contributed by atoms with van der Waals surface area (Å²) in [5, 5.41) is 13.3. The van der Waals surface area contributed by atoms with Crippen molar-refractivity contribution in [2.75, 3.05) is 7.11 Å². The average Bonchev–Trinajstić information content (AvgIpc) is 3.42. The SMILES string of the molecule is COc1cc(/C=N/NC(=O)c2ccc(-n3c(C)ccc3-c3ccccc3)cc2)ccc1OCc1cccc(C(=O)O)c1. The Balaban J connectivity index is 1.22. The molecule has 0 saturated carbocycles. The number of carboxylic acid groups (broad SMARTS) is 1. The molecule has 5 aromatic rings. The lowest BCUT2D eigenvalue weighted by Crippen LogP contribution is -2.17. The molecule has 0 bridgehead atoms. The molecule has 0 unspecified atom stereocenters. The van der Waals surface area contributed by atoms with Gasteiger partial charge in [-0.15, -0.1) is 0 Å². The predicted octanol–water partition coefficient (Wildman–Crippen LogP) is 6.50. The number of rotatable bonds is 10. The zero-order valence-electron chi connectivity index (χ0n) is 23.2. The number of methoxy groups -OCH3 is 1. The fourth-order valence-electron chi connectivity index (χ4n) is 4.55. The Morgan fingerprint density at radius 1 is 0.857 bits per heavy atom. The maximum atomic E-state index is 12.7. The molecular weight excluding hydrogens is 530 g/mol. The van der Waals surface area contributed by atoms with Crippen molar-refractivity contribution in [2.24, 2.45) is 5.10 Å². The van der Waals surface area contributed by atoms with Crippen LogP contribution in [-0.4, -0.2) is 34.9 Å². The van der Waals surface area contributed by atoms with Gasteiger partial charge in [-0.3, -0.25) is 4.79 Å². The number of benzene rings is 4. The van der Waals surface area contributed by atoms with Gasteiger partial charge >= 0.3 is 5.97 Å². The molecule has 4 aromatic carbocycles. The Morgan fingerprint density at radius 3 is 2.38 bits per heavy atom. The number of hydrogen-bond acceptors (Lipinski definition) is 5. The summed E-state index contributed by atoms with van der Waals surface area (Å²) in [7, 11) is 1.53. The van der Waals surface area contributed by atoms with Gasteiger partial charge in [-0.05, 0) is 90.3 Å². The molecule has 210 valence electrons. The van der Waals surface area contributed by atoms with Gasteiger partial charge in [0.1, 0.15) is 6.61 Å². The van der Waals surface area contributed by atoms with Crippen LogP contribution in [0.3, 0.4) is 0 Å². The van der Waals surface area contributed by atoms with Crippen LogP contribution in [0.25, 0.3) is 16.9 Å². The molecule has 42 heavy (non-hydrogen) atoms. The number of hydrazone groups is 1. The van der Waals surface area contributed by atoms with E-state index in [4.69, 9.17) is 9.47 Å². The van der Waals surface area contributed by atoms with E-state index in [2.05, 4.69) is 46.3 Å². The molecule has 1 aromatic heterocycles. The highest BCUT2D eigenvalue weighted by Gasteiger charge is 2.11. The molecule has 8 heteroatoms. The van der Waals surface area contributed by atoms with Crippen LogP contribution < -0.4 is 14.9 Å². The fraction of sp³-hybridized carbons (Fsp3) is 0.0882. The molecule has 0 saturated heterocycles. The number of nitrogens with one attached hydrogen (secondary N) is 1. The Labute approximate surface area is 243 Å². The number of carbonyl (C=O) groups is 2. The number of carboxylic acids is 1. The third kappa shape index (κ3) is 6.39. The topological polar surface area (TPSA) is 102 Å². The molecule has 0 fully saturated rings. The highest BCUT2D eigenvalue weighted by Crippen LogP contribution is 2.29. The van der Waals surface area contributed by atoms with Gasteiger partial charge in [0.05, 0.1) is 24.6 Å². The third-order valence-electron chi connectivity index (χ3n) is 6.67. The Hall–Kier alpha value is -5.63. The largest absolute Gasteiger partial charge is 0.493 e. The minimum absolute atomic E-state index is 0.178. The summed E-state index contributed by atoms with van der Waals surface area (Å²) in [6.45, 7) is 2.23. The molecule has 1 heterocycles. The normalized spacial score (nSPS) is 10.9. The van der Waals surface area contributed by atoms with E-state index in [0.717, 1.165) is 28.2 Å². The maximum absolute atomic E-state index is 12.7. The average molecular weight is 560 g/mol. The zero-order valence-corrected chi connectivity index (χ0v) is 23.2. The molecule has 0 aliphatic heterocycles. The van der Waals surface area contributed by atoms with Gasteiger partial charge < -0.3 is 19.1 Å². The molecule has 0 radical (unpaired) electrons. The molecule has 5 rings (SSSR count). The number of ether oxygens (including phenoxy) is 2. The first-order valence-corrected chi connectivity index (χ1v) is 13.2. The number of hydrogen-bond donors (Lipinski definition) is 2. The number of nitrogens with zero attached hydrogens (tertiary/aromatic N) is 2. The number of aromatic nitrogens is 1. The van der Waals surface area contributed by atoms with E-state index in [-0.39, 0.29) is 18.1 Å². The summed E-state index contributed by atoms with van der Waals surface area (Å²) in [6.07, 6.45) is 1.52. The molecule has 0 atom stereocenters. The Kier molecular flexibility index (Phi) is 8.44. The minimum atomic E-state index is -0.994. The summed E-state index contributed by atoms with van der Waals surface area (Å²) >= 11 is 0. The second kappa shape index (κ2) is 12.7. The van der Waals surface area contributed by atoms with Crippen molar-refractivity contribution in [1.82, 2.24) is 9.99 Å². The highest BCUT2D eigenvalue weighted by molar-refractivity contribution is 5.95. The number of aromatic carboxylic acids is 1. The number of carbonyl (C=O) groups excluding carboxylic acids is 1. The van der Waals surface area contributed by atoms with E-state index in [1.54, 1.807) is 48.5 Å². The lowest BCUT2D eigenvalue weighted by atomic mass is 10.1. The van der Waals surface area contributed by atoms with Gasteiger partial charge in [-0.25, -0.2) is 10.2 Å². The Morgan fingerprint density at radius 2 is 1.64 bits per heavy atom. The van der Waals surface area contributed by atoms with Crippen molar-refractivity contribution < 1.29 is 24.2 Å². The summed E-state index contributed by atoms with van der Waals surface area (Å²) in [5.74, 6) is -0.356. The second-order valence-corrected chi connectivity index (χ2v) is 9.51. The van der Waals surface area contributed by atoms with E-state index < -0.39 is 5.97 Å². The van der Waals surface area contributed by atoms with Crippen LogP contribution in [0.15, 0.2) is 114 Å². The van der Waals surface area contributed by atoms with Crippen molar-refractivity contribution in [1.29, 1.82) is 0 Å². The van der Waals surface area contributed by atoms with Gasteiger partial charge in [0.2, 0.25) is 0 Å². The molecule has 0 aliphatic carbocycles. The first-order chi connectivity index (χ1) is 20.4. The molecule has 2 N–H and O–H groups in total. The number of amides is 1. The van der Waals surface area contributed by atoms with E-state index in [1.165, 1.54) is 19.4 Å². The smallest absolute Gasteiger partial charge is 0.335 e. The lowest BCUT2D eigenvalue weighted by molar-refractivity contribution is 0.0696. The van der Waals surface area contributed by atoms with Gasteiger partial charge in [0, 0.05) is 16.9 Å². The van der Waals surface area contributed by atoms with E-state index in [0.29, 0.717) is 22.6 Å². The van der Waals surface area contributed by atoms with E-state index >= 15 is 0 Å². The first kappa shape index (κ1) is 27.9. The van der Waals surface area contributed by atoms with Crippen LogP contribution in [-0.2, 0) is 6.61 Å². The third-order valence-corrected chi connectivity index (χ3v) is 6.67. The summed E-state index contributed by atoms with van der Waals surface area (Å²) in [4.78, 5) is 23.9. The van der Waals surface area contributed by atoms with Crippen LogP contribution in [0.2, 0.25) is 0 Å². The second-order valence-electron chi connectivity index (χ2n) is 9.51. The molecule has 8 nitrogen and oxygen atoms in total. The van der Waals surface area contributed by atoms with Crippen LogP contribution in [0, 0.1) is 6.92 Å². The molecule has 1 amide bonds. The van der Waals surface area contributed by atoms with Crippen LogP contribution in [0.5, 0.6) is 11.5 Å². The van der Waals surface area contributed by atoms with Gasteiger partial charge in [-0.1, -0.05) is 42.5 Å². The van der Waals surface area contributed by atoms with Crippen molar-refractivity contribution >= 4 is 18.1 Å². The number of aryl methyl sites for hydroxylation is 1. The highest BCUT2D eigenvalue weighted by atomic mass is 16.5. The van der Waals surface area contributed by atoms with Crippen molar-refractivity contribution in [3.63, 3.8) is 0 Å².